The number of hydrogen-bond donors (Lipinski definition) is 2. The number of nitrogens with one attached hydrogen (secondary N) is 1. The van der Waals surface area contributed by atoms with Crippen LogP contribution in [0.3, 0.4) is 0 Å². The molecule has 2 aromatic rings. The minimum absolute atomic E-state index is 0.0173. The Hall–Kier alpha value is -2.05. The fourth-order valence-electron chi connectivity index (χ4n) is 3.46. The predicted molar refractivity (Wildman–Crippen MR) is 93.4 cm³/mol. The summed E-state index contributed by atoms with van der Waals surface area (Å²) in [6, 6.07) is 3.87. The Labute approximate surface area is 147 Å². The molecule has 1 fully saturated rings. The lowest BCUT2D eigenvalue weighted by atomic mass is 9.95. The molecule has 0 bridgehead atoms. The molecule has 136 valence electrons. The summed E-state index contributed by atoms with van der Waals surface area (Å²) in [5.74, 6) is 1.58. The molecule has 6 nitrogen and oxygen atoms in total. The minimum Gasteiger partial charge on any atom is -0.472 e. The van der Waals surface area contributed by atoms with Crippen LogP contribution in [0, 0.1) is 13.8 Å². The zero-order valence-corrected chi connectivity index (χ0v) is 15.0. The number of amides is 1. The van der Waals surface area contributed by atoms with E-state index in [9.17, 15) is 9.90 Å². The number of rotatable bonds is 5. The van der Waals surface area contributed by atoms with Crippen LogP contribution in [0.4, 0.5) is 0 Å². The van der Waals surface area contributed by atoms with Gasteiger partial charge in [-0.2, -0.15) is 0 Å². The Morgan fingerprint density at radius 2 is 2.12 bits per heavy atom. The van der Waals surface area contributed by atoms with Gasteiger partial charge < -0.3 is 24.2 Å². The number of furan rings is 2. The lowest BCUT2D eigenvalue weighted by Crippen LogP contribution is -2.48. The first kappa shape index (κ1) is 17.8. The van der Waals surface area contributed by atoms with Crippen molar-refractivity contribution in [2.24, 2.45) is 0 Å². The third kappa shape index (κ3) is 3.96. The largest absolute Gasteiger partial charge is 0.472 e. The van der Waals surface area contributed by atoms with Crippen LogP contribution >= 0.6 is 0 Å². The normalized spacial score (nSPS) is 18.3. The van der Waals surface area contributed by atoms with Gasteiger partial charge in [-0.3, -0.25) is 4.79 Å². The van der Waals surface area contributed by atoms with E-state index < -0.39 is 5.60 Å². The highest BCUT2D eigenvalue weighted by atomic mass is 16.3. The summed E-state index contributed by atoms with van der Waals surface area (Å²) in [4.78, 5) is 14.2. The molecule has 1 saturated heterocycles. The third-order valence-electron chi connectivity index (χ3n) is 4.91. The molecule has 0 radical (unpaired) electrons. The Bertz CT molecular complexity index is 710. The van der Waals surface area contributed by atoms with Crippen molar-refractivity contribution in [1.29, 1.82) is 0 Å². The Morgan fingerprint density at radius 1 is 1.40 bits per heavy atom. The first-order chi connectivity index (χ1) is 11.9. The van der Waals surface area contributed by atoms with E-state index in [0.717, 1.165) is 29.9 Å². The average molecular weight is 346 g/mol. The van der Waals surface area contributed by atoms with Gasteiger partial charge in [-0.25, -0.2) is 0 Å². The summed E-state index contributed by atoms with van der Waals surface area (Å²) in [6.07, 6.45) is 4.73. The van der Waals surface area contributed by atoms with Crippen LogP contribution in [0.1, 0.15) is 47.2 Å². The van der Waals surface area contributed by atoms with Gasteiger partial charge in [0.05, 0.1) is 11.8 Å². The van der Waals surface area contributed by atoms with Gasteiger partial charge in [-0.05, 0) is 45.7 Å². The van der Waals surface area contributed by atoms with E-state index in [0.29, 0.717) is 25.2 Å². The summed E-state index contributed by atoms with van der Waals surface area (Å²) in [7, 11) is 0. The Morgan fingerprint density at radius 3 is 2.68 bits per heavy atom. The number of carbonyl (C=O) groups excluding carboxylic acids is 1. The van der Waals surface area contributed by atoms with Crippen LogP contribution < -0.4 is 5.32 Å². The summed E-state index contributed by atoms with van der Waals surface area (Å²) in [5, 5.41) is 14.2. The standard InChI is InChI=1S/C19H26N2O4/c1-13-10-17(14(2)25-13)19(3,23)12-20-16-4-7-21(8-5-16)18(22)15-6-9-24-11-15/h6,9-11,16,20,23H,4-5,7-8,12H2,1-3H3/t19-/m1/s1. The second-order valence-corrected chi connectivity index (χ2v) is 7.06. The molecule has 25 heavy (non-hydrogen) atoms. The molecule has 6 heteroatoms. The molecule has 0 aliphatic carbocycles. The molecule has 1 aliphatic heterocycles. The maximum atomic E-state index is 12.3. The van der Waals surface area contributed by atoms with E-state index in [1.807, 2.05) is 24.8 Å². The number of likely N-dealkylation sites (tertiary alicyclic amines) is 1. The fourth-order valence-corrected chi connectivity index (χ4v) is 3.46. The molecular formula is C19H26N2O4. The number of carbonyl (C=O) groups is 1. The second kappa shape index (κ2) is 7.06. The van der Waals surface area contributed by atoms with Crippen LogP contribution in [0.25, 0.3) is 0 Å². The van der Waals surface area contributed by atoms with E-state index in [1.54, 1.807) is 13.0 Å². The van der Waals surface area contributed by atoms with E-state index in [4.69, 9.17) is 8.83 Å². The summed E-state index contributed by atoms with van der Waals surface area (Å²) in [5.41, 5.74) is 0.441. The Balaban J connectivity index is 1.51. The van der Waals surface area contributed by atoms with Crippen LogP contribution in [0.5, 0.6) is 0 Å². The number of piperidine rings is 1. The maximum absolute atomic E-state index is 12.3. The van der Waals surface area contributed by atoms with Crippen LogP contribution in [-0.2, 0) is 5.60 Å². The molecule has 1 amide bonds. The molecule has 1 atom stereocenters. The minimum atomic E-state index is -0.981. The van der Waals surface area contributed by atoms with Crippen molar-refractivity contribution in [2.45, 2.75) is 45.3 Å². The van der Waals surface area contributed by atoms with Gasteiger partial charge in [0.1, 0.15) is 23.4 Å². The van der Waals surface area contributed by atoms with Crippen molar-refractivity contribution in [3.8, 4) is 0 Å². The van der Waals surface area contributed by atoms with Crippen LogP contribution in [0.2, 0.25) is 0 Å². The summed E-state index contributed by atoms with van der Waals surface area (Å²) < 4.78 is 10.5. The molecule has 1 aliphatic rings. The molecule has 2 aromatic heterocycles. The van der Waals surface area contributed by atoms with Crippen molar-refractivity contribution in [3.63, 3.8) is 0 Å². The van der Waals surface area contributed by atoms with Gasteiger partial charge in [0.25, 0.3) is 5.91 Å². The van der Waals surface area contributed by atoms with Gasteiger partial charge in [0.2, 0.25) is 0 Å². The van der Waals surface area contributed by atoms with Gasteiger partial charge in [-0.15, -0.1) is 0 Å². The molecule has 0 saturated carbocycles. The summed E-state index contributed by atoms with van der Waals surface area (Å²) in [6.45, 7) is 7.41. The van der Waals surface area contributed by atoms with E-state index in [1.165, 1.54) is 12.5 Å². The van der Waals surface area contributed by atoms with Gasteiger partial charge >= 0.3 is 0 Å². The molecule has 0 spiro atoms. The van der Waals surface area contributed by atoms with Gasteiger partial charge in [0, 0.05) is 31.2 Å². The molecule has 0 aromatic carbocycles. The lowest BCUT2D eigenvalue weighted by Gasteiger charge is -2.34. The highest BCUT2D eigenvalue weighted by Gasteiger charge is 2.30. The van der Waals surface area contributed by atoms with Crippen molar-refractivity contribution in [2.75, 3.05) is 19.6 Å². The van der Waals surface area contributed by atoms with Crippen molar-refractivity contribution in [3.05, 3.63) is 47.3 Å². The zero-order chi connectivity index (χ0) is 18.0. The van der Waals surface area contributed by atoms with E-state index in [2.05, 4.69) is 5.32 Å². The highest BCUT2D eigenvalue weighted by molar-refractivity contribution is 5.93. The fraction of sp³-hybridized carbons (Fsp3) is 0.526. The topological polar surface area (TPSA) is 78.9 Å². The number of aryl methyl sites for hydroxylation is 2. The number of nitrogens with zero attached hydrogens (tertiary/aromatic N) is 1. The molecule has 3 heterocycles. The molecule has 2 N–H and O–H groups in total. The number of aliphatic hydroxyl groups is 1. The third-order valence-corrected chi connectivity index (χ3v) is 4.91. The lowest BCUT2D eigenvalue weighted by molar-refractivity contribution is 0.0469. The molecular weight excluding hydrogens is 320 g/mol. The summed E-state index contributed by atoms with van der Waals surface area (Å²) >= 11 is 0. The van der Waals surface area contributed by atoms with Crippen molar-refractivity contribution < 1.29 is 18.7 Å². The molecule has 0 unspecified atom stereocenters. The van der Waals surface area contributed by atoms with Gasteiger partial charge in [-0.1, -0.05) is 0 Å². The second-order valence-electron chi connectivity index (χ2n) is 7.06. The SMILES string of the molecule is Cc1cc([C@](C)(O)CNC2CCN(C(=O)c3ccoc3)CC2)c(C)o1. The van der Waals surface area contributed by atoms with Gasteiger partial charge in [0.15, 0.2) is 0 Å². The van der Waals surface area contributed by atoms with Crippen LogP contribution in [-0.4, -0.2) is 41.6 Å². The number of hydrogen-bond acceptors (Lipinski definition) is 5. The quantitative estimate of drug-likeness (QED) is 0.870. The maximum Gasteiger partial charge on any atom is 0.257 e. The smallest absolute Gasteiger partial charge is 0.257 e. The van der Waals surface area contributed by atoms with E-state index >= 15 is 0 Å². The average Bonchev–Trinajstić information content (AvgIpc) is 3.23. The molecule has 3 rings (SSSR count). The predicted octanol–water partition coefficient (Wildman–Crippen LogP) is 2.59. The first-order valence-electron chi connectivity index (χ1n) is 8.71. The van der Waals surface area contributed by atoms with E-state index in [-0.39, 0.29) is 11.9 Å². The van der Waals surface area contributed by atoms with Crippen molar-refractivity contribution in [1.82, 2.24) is 10.2 Å². The first-order valence-corrected chi connectivity index (χ1v) is 8.71. The van der Waals surface area contributed by atoms with Crippen molar-refractivity contribution >= 4 is 5.91 Å². The Kier molecular flexibility index (Phi) is 5.01. The van der Waals surface area contributed by atoms with Crippen LogP contribution in [0.15, 0.2) is 33.5 Å². The zero-order valence-electron chi connectivity index (χ0n) is 15.0. The highest BCUT2D eigenvalue weighted by Crippen LogP contribution is 2.27. The monoisotopic (exact) mass is 346 g/mol.